The summed E-state index contributed by atoms with van der Waals surface area (Å²) in [6.45, 7) is 3.01. The normalized spacial score (nSPS) is 19.3. The third-order valence-corrected chi connectivity index (χ3v) is 6.05. The Morgan fingerprint density at radius 3 is 2.67 bits per heavy atom. The van der Waals surface area contributed by atoms with Crippen LogP contribution in [0.2, 0.25) is 0 Å². The SMILES string of the molecule is CC1(NS(=O)(=O)c2ccc(C#N)s2)CCOCC1. The second kappa shape index (κ2) is 4.97. The summed E-state index contributed by atoms with van der Waals surface area (Å²) in [5, 5.41) is 8.72. The van der Waals surface area contributed by atoms with Crippen LogP contribution in [0.15, 0.2) is 16.3 Å². The maximum absolute atomic E-state index is 12.2. The van der Waals surface area contributed by atoms with Gasteiger partial charge in [0.25, 0.3) is 10.0 Å². The van der Waals surface area contributed by atoms with Crippen molar-refractivity contribution in [3.8, 4) is 6.07 Å². The fourth-order valence-corrected chi connectivity index (χ4v) is 4.39. The lowest BCUT2D eigenvalue weighted by Crippen LogP contribution is -2.49. The quantitative estimate of drug-likeness (QED) is 0.912. The van der Waals surface area contributed by atoms with Crippen LogP contribution in [0, 0.1) is 11.3 Å². The van der Waals surface area contributed by atoms with E-state index in [-0.39, 0.29) is 4.21 Å². The van der Waals surface area contributed by atoms with E-state index in [9.17, 15) is 8.42 Å². The van der Waals surface area contributed by atoms with Crippen molar-refractivity contribution < 1.29 is 13.2 Å². The van der Waals surface area contributed by atoms with Crippen LogP contribution in [-0.4, -0.2) is 27.2 Å². The molecule has 0 aliphatic carbocycles. The lowest BCUT2D eigenvalue weighted by atomic mass is 9.94. The second-order valence-corrected chi connectivity index (χ2v) is 7.50. The fraction of sp³-hybridized carbons (Fsp3) is 0.545. The summed E-state index contributed by atoms with van der Waals surface area (Å²) in [6.07, 6.45) is 1.31. The monoisotopic (exact) mass is 286 g/mol. The molecule has 2 heterocycles. The van der Waals surface area contributed by atoms with Crippen molar-refractivity contribution in [2.45, 2.75) is 29.5 Å². The van der Waals surface area contributed by atoms with Gasteiger partial charge in [-0.25, -0.2) is 13.1 Å². The molecular weight excluding hydrogens is 272 g/mol. The molecule has 0 unspecified atom stereocenters. The number of nitriles is 1. The van der Waals surface area contributed by atoms with E-state index in [0.717, 1.165) is 11.3 Å². The maximum atomic E-state index is 12.2. The highest BCUT2D eigenvalue weighted by molar-refractivity contribution is 7.91. The minimum atomic E-state index is -3.55. The second-order valence-electron chi connectivity index (χ2n) is 4.51. The Labute approximate surface area is 110 Å². The minimum absolute atomic E-state index is 0.187. The number of nitrogens with zero attached hydrogens (tertiary/aromatic N) is 1. The van der Waals surface area contributed by atoms with E-state index in [1.807, 2.05) is 13.0 Å². The van der Waals surface area contributed by atoms with Crippen LogP contribution in [0.25, 0.3) is 0 Å². The van der Waals surface area contributed by atoms with Crippen LogP contribution in [0.3, 0.4) is 0 Å². The van der Waals surface area contributed by atoms with Gasteiger partial charge in [-0.2, -0.15) is 5.26 Å². The summed E-state index contributed by atoms with van der Waals surface area (Å²) < 4.78 is 32.5. The van der Waals surface area contributed by atoms with Gasteiger partial charge in [-0.1, -0.05) is 0 Å². The molecule has 1 aromatic rings. The summed E-state index contributed by atoms with van der Waals surface area (Å²) in [5.41, 5.74) is -0.464. The lowest BCUT2D eigenvalue weighted by molar-refractivity contribution is 0.0538. The zero-order chi connectivity index (χ0) is 13.2. The number of hydrogen-bond donors (Lipinski definition) is 1. The van der Waals surface area contributed by atoms with Gasteiger partial charge in [-0.05, 0) is 31.9 Å². The molecule has 0 amide bonds. The van der Waals surface area contributed by atoms with Gasteiger partial charge < -0.3 is 4.74 Å². The zero-order valence-corrected chi connectivity index (χ0v) is 11.6. The van der Waals surface area contributed by atoms with E-state index < -0.39 is 15.6 Å². The number of nitrogens with one attached hydrogen (secondary N) is 1. The molecule has 0 atom stereocenters. The molecule has 0 aromatic carbocycles. The first-order valence-corrected chi connectivity index (χ1v) is 7.87. The molecule has 0 spiro atoms. The standard InChI is InChI=1S/C11H14N2O3S2/c1-11(4-6-16-7-5-11)13-18(14,15)10-3-2-9(8-12)17-10/h2-3,13H,4-7H2,1H3. The number of sulfonamides is 1. The first-order valence-electron chi connectivity index (χ1n) is 5.57. The Bertz CT molecular complexity index is 565. The van der Waals surface area contributed by atoms with Gasteiger partial charge in [0, 0.05) is 18.8 Å². The molecule has 1 saturated heterocycles. The highest BCUT2D eigenvalue weighted by atomic mass is 32.2. The van der Waals surface area contributed by atoms with Gasteiger partial charge in [-0.15, -0.1) is 11.3 Å². The fourth-order valence-electron chi connectivity index (χ4n) is 1.82. The average molecular weight is 286 g/mol. The summed E-state index contributed by atoms with van der Waals surface area (Å²) in [7, 11) is -3.55. The Morgan fingerprint density at radius 1 is 1.44 bits per heavy atom. The number of rotatable bonds is 3. The number of hydrogen-bond acceptors (Lipinski definition) is 5. The van der Waals surface area contributed by atoms with Crippen LogP contribution in [0.5, 0.6) is 0 Å². The molecule has 7 heteroatoms. The molecule has 0 bridgehead atoms. The van der Waals surface area contributed by atoms with E-state index in [2.05, 4.69) is 4.72 Å². The predicted molar refractivity (Wildman–Crippen MR) is 67.8 cm³/mol. The number of thiophene rings is 1. The van der Waals surface area contributed by atoms with Gasteiger partial charge in [0.1, 0.15) is 15.2 Å². The molecule has 0 radical (unpaired) electrons. The van der Waals surface area contributed by atoms with Gasteiger partial charge >= 0.3 is 0 Å². The van der Waals surface area contributed by atoms with Crippen LogP contribution < -0.4 is 4.72 Å². The van der Waals surface area contributed by atoms with Crippen molar-refractivity contribution in [3.63, 3.8) is 0 Å². The molecule has 0 saturated carbocycles. The van der Waals surface area contributed by atoms with Crippen LogP contribution >= 0.6 is 11.3 Å². The Hall–Kier alpha value is -0.940. The van der Waals surface area contributed by atoms with Crippen molar-refractivity contribution in [3.05, 3.63) is 17.0 Å². The minimum Gasteiger partial charge on any atom is -0.381 e. The summed E-state index contributed by atoms with van der Waals surface area (Å²) in [5.74, 6) is 0. The summed E-state index contributed by atoms with van der Waals surface area (Å²) >= 11 is 0.984. The molecule has 1 aliphatic rings. The van der Waals surface area contributed by atoms with Gasteiger partial charge in [0.15, 0.2) is 0 Å². The maximum Gasteiger partial charge on any atom is 0.250 e. The van der Waals surface area contributed by atoms with Gasteiger partial charge in [0.05, 0.1) is 0 Å². The molecule has 1 aliphatic heterocycles. The summed E-state index contributed by atoms with van der Waals surface area (Å²) in [6, 6.07) is 4.92. The summed E-state index contributed by atoms with van der Waals surface area (Å²) in [4.78, 5) is 0.396. The Balaban J connectivity index is 2.19. The topological polar surface area (TPSA) is 79.2 Å². The smallest absolute Gasteiger partial charge is 0.250 e. The number of ether oxygens (including phenoxy) is 1. The Kier molecular flexibility index (Phi) is 3.73. The molecule has 1 N–H and O–H groups in total. The highest BCUT2D eigenvalue weighted by Crippen LogP contribution is 2.26. The van der Waals surface area contributed by atoms with E-state index >= 15 is 0 Å². The van der Waals surface area contributed by atoms with E-state index in [0.29, 0.717) is 30.9 Å². The van der Waals surface area contributed by atoms with E-state index in [1.54, 1.807) is 0 Å². The van der Waals surface area contributed by atoms with Crippen LogP contribution in [0.1, 0.15) is 24.6 Å². The van der Waals surface area contributed by atoms with Crippen LogP contribution in [0.4, 0.5) is 0 Å². The molecule has 1 aromatic heterocycles. The van der Waals surface area contributed by atoms with Gasteiger partial charge in [-0.3, -0.25) is 0 Å². The van der Waals surface area contributed by atoms with Crippen molar-refractivity contribution in [2.24, 2.45) is 0 Å². The molecule has 98 valence electrons. The molecule has 18 heavy (non-hydrogen) atoms. The largest absolute Gasteiger partial charge is 0.381 e. The average Bonchev–Trinajstić information content (AvgIpc) is 2.77. The van der Waals surface area contributed by atoms with Crippen molar-refractivity contribution in [1.82, 2.24) is 4.72 Å². The lowest BCUT2D eigenvalue weighted by Gasteiger charge is -2.33. The molecule has 5 nitrogen and oxygen atoms in total. The van der Waals surface area contributed by atoms with Gasteiger partial charge in [0.2, 0.25) is 0 Å². The first kappa shape index (κ1) is 13.5. The van der Waals surface area contributed by atoms with Crippen molar-refractivity contribution in [2.75, 3.05) is 13.2 Å². The predicted octanol–water partition coefficient (Wildman–Crippen LogP) is 1.47. The van der Waals surface area contributed by atoms with E-state index in [4.69, 9.17) is 10.00 Å². The first-order chi connectivity index (χ1) is 8.45. The Morgan fingerprint density at radius 2 is 2.11 bits per heavy atom. The zero-order valence-electron chi connectivity index (χ0n) is 9.97. The molecule has 1 fully saturated rings. The third-order valence-electron chi connectivity index (χ3n) is 2.93. The van der Waals surface area contributed by atoms with Crippen LogP contribution in [-0.2, 0) is 14.8 Å². The molecular formula is C11H14N2O3S2. The van der Waals surface area contributed by atoms with Crippen molar-refractivity contribution >= 4 is 21.4 Å². The third kappa shape index (κ3) is 2.90. The van der Waals surface area contributed by atoms with E-state index in [1.165, 1.54) is 12.1 Å². The molecule has 2 rings (SSSR count). The highest BCUT2D eigenvalue weighted by Gasteiger charge is 2.33. The van der Waals surface area contributed by atoms with Crippen molar-refractivity contribution in [1.29, 1.82) is 5.26 Å².